The van der Waals surface area contributed by atoms with E-state index in [9.17, 15) is 4.79 Å². The molecule has 0 bridgehead atoms. The van der Waals surface area contributed by atoms with Gasteiger partial charge in [-0.2, -0.15) is 5.21 Å². The highest BCUT2D eigenvalue weighted by Crippen LogP contribution is 2.24. The van der Waals surface area contributed by atoms with Crippen LogP contribution < -0.4 is 0 Å². The maximum atomic E-state index is 11.1. The van der Waals surface area contributed by atoms with Crippen molar-refractivity contribution in [2.75, 3.05) is 13.1 Å². The Labute approximate surface area is 81.7 Å². The Bertz CT molecular complexity index is 302. The van der Waals surface area contributed by atoms with Crippen LogP contribution in [0.5, 0.6) is 0 Å². The Morgan fingerprint density at radius 3 is 2.71 bits per heavy atom. The highest BCUT2D eigenvalue weighted by Gasteiger charge is 2.24. The fraction of sp³-hybridized carbons (Fsp3) is 0.750. The number of H-pyrrole nitrogens is 1. The molecule has 1 aromatic rings. The summed E-state index contributed by atoms with van der Waals surface area (Å²) in [5, 5.41) is 13.9. The molecule has 76 valence electrons. The van der Waals surface area contributed by atoms with Gasteiger partial charge in [0.2, 0.25) is 5.91 Å². The molecule has 1 N–H and O–H groups in total. The number of nitrogens with zero attached hydrogens (tertiary/aromatic N) is 4. The van der Waals surface area contributed by atoms with Gasteiger partial charge in [-0.1, -0.05) is 5.21 Å². The maximum absolute atomic E-state index is 11.1. The molecule has 0 radical (unpaired) electrons. The first-order chi connectivity index (χ1) is 6.77. The van der Waals surface area contributed by atoms with Crippen molar-refractivity contribution >= 4 is 5.91 Å². The van der Waals surface area contributed by atoms with Crippen LogP contribution in [0.25, 0.3) is 0 Å². The SMILES string of the molecule is CC(=O)N1CCC(c2nn[nH]n2)CC1. The Hall–Kier alpha value is -1.46. The van der Waals surface area contributed by atoms with Gasteiger partial charge in [-0.05, 0) is 12.8 Å². The molecule has 1 amide bonds. The van der Waals surface area contributed by atoms with Gasteiger partial charge in [0.1, 0.15) is 0 Å². The van der Waals surface area contributed by atoms with Crippen LogP contribution in [0.2, 0.25) is 0 Å². The van der Waals surface area contributed by atoms with Crippen molar-refractivity contribution in [3.05, 3.63) is 5.82 Å². The van der Waals surface area contributed by atoms with E-state index in [-0.39, 0.29) is 5.91 Å². The van der Waals surface area contributed by atoms with E-state index < -0.39 is 0 Å². The lowest BCUT2D eigenvalue weighted by atomic mass is 9.96. The lowest BCUT2D eigenvalue weighted by Crippen LogP contribution is -2.36. The molecule has 0 atom stereocenters. The molecule has 1 aliphatic rings. The van der Waals surface area contributed by atoms with Gasteiger partial charge in [0.15, 0.2) is 5.82 Å². The number of tetrazole rings is 1. The molecule has 14 heavy (non-hydrogen) atoms. The first-order valence-electron chi connectivity index (χ1n) is 4.76. The predicted molar refractivity (Wildman–Crippen MR) is 48.4 cm³/mol. The second kappa shape index (κ2) is 3.73. The first kappa shape index (κ1) is 9.11. The summed E-state index contributed by atoms with van der Waals surface area (Å²) in [5.74, 6) is 1.27. The summed E-state index contributed by atoms with van der Waals surface area (Å²) in [5.41, 5.74) is 0. The summed E-state index contributed by atoms with van der Waals surface area (Å²) >= 11 is 0. The van der Waals surface area contributed by atoms with E-state index in [1.54, 1.807) is 6.92 Å². The van der Waals surface area contributed by atoms with Crippen molar-refractivity contribution in [3.63, 3.8) is 0 Å². The number of aromatic amines is 1. The molecule has 2 rings (SSSR count). The molecule has 0 aliphatic carbocycles. The zero-order valence-electron chi connectivity index (χ0n) is 8.10. The average molecular weight is 195 g/mol. The topological polar surface area (TPSA) is 74.8 Å². The van der Waals surface area contributed by atoms with Gasteiger partial charge in [-0.25, -0.2) is 0 Å². The Morgan fingerprint density at radius 2 is 2.21 bits per heavy atom. The fourth-order valence-electron chi connectivity index (χ4n) is 1.80. The molecule has 1 aromatic heterocycles. The molecule has 0 spiro atoms. The summed E-state index contributed by atoms with van der Waals surface area (Å²) < 4.78 is 0. The number of hydrogen-bond acceptors (Lipinski definition) is 4. The van der Waals surface area contributed by atoms with Gasteiger partial charge >= 0.3 is 0 Å². The molecule has 6 nitrogen and oxygen atoms in total. The predicted octanol–water partition coefficient (Wildman–Crippen LogP) is -0.0744. The summed E-state index contributed by atoms with van der Waals surface area (Å²) in [7, 11) is 0. The van der Waals surface area contributed by atoms with Crippen LogP contribution >= 0.6 is 0 Å². The van der Waals surface area contributed by atoms with E-state index in [1.807, 2.05) is 4.90 Å². The molecule has 2 heterocycles. The van der Waals surface area contributed by atoms with Crippen molar-refractivity contribution in [3.8, 4) is 0 Å². The molecular weight excluding hydrogens is 182 g/mol. The molecule has 0 aromatic carbocycles. The van der Waals surface area contributed by atoms with Crippen LogP contribution in [0.3, 0.4) is 0 Å². The van der Waals surface area contributed by atoms with Gasteiger partial charge in [-0.15, -0.1) is 10.2 Å². The number of amides is 1. The van der Waals surface area contributed by atoms with Crippen molar-refractivity contribution in [1.82, 2.24) is 25.5 Å². The van der Waals surface area contributed by atoms with E-state index in [0.717, 1.165) is 31.8 Å². The molecule has 0 saturated carbocycles. The van der Waals surface area contributed by atoms with Gasteiger partial charge < -0.3 is 4.90 Å². The van der Waals surface area contributed by atoms with Crippen molar-refractivity contribution in [2.45, 2.75) is 25.7 Å². The smallest absolute Gasteiger partial charge is 0.219 e. The van der Waals surface area contributed by atoms with Gasteiger partial charge in [0, 0.05) is 25.9 Å². The molecule has 1 aliphatic heterocycles. The molecule has 1 saturated heterocycles. The molecule has 0 unspecified atom stereocenters. The minimum absolute atomic E-state index is 0.150. The highest BCUT2D eigenvalue weighted by molar-refractivity contribution is 5.73. The van der Waals surface area contributed by atoms with Gasteiger partial charge in [0.25, 0.3) is 0 Å². The standard InChI is InChI=1S/C8H13N5O/c1-6(14)13-4-2-7(3-5-13)8-9-11-12-10-8/h7H,2-5H2,1H3,(H,9,10,11,12). The van der Waals surface area contributed by atoms with E-state index >= 15 is 0 Å². The first-order valence-corrected chi connectivity index (χ1v) is 4.76. The molecule has 6 heteroatoms. The molecule has 1 fully saturated rings. The van der Waals surface area contributed by atoms with Crippen LogP contribution in [0, 0.1) is 0 Å². The summed E-state index contributed by atoms with van der Waals surface area (Å²) in [6.07, 6.45) is 1.86. The van der Waals surface area contributed by atoms with Crippen molar-refractivity contribution in [1.29, 1.82) is 0 Å². The van der Waals surface area contributed by atoms with Crippen LogP contribution in [0.4, 0.5) is 0 Å². The lowest BCUT2D eigenvalue weighted by molar-refractivity contribution is -0.129. The summed E-state index contributed by atoms with van der Waals surface area (Å²) in [6.45, 7) is 3.21. The number of likely N-dealkylation sites (tertiary alicyclic amines) is 1. The number of piperidine rings is 1. The number of nitrogens with one attached hydrogen (secondary N) is 1. The van der Waals surface area contributed by atoms with Crippen molar-refractivity contribution in [2.24, 2.45) is 0 Å². The zero-order chi connectivity index (χ0) is 9.97. The van der Waals surface area contributed by atoms with E-state index in [4.69, 9.17) is 0 Å². The fourth-order valence-corrected chi connectivity index (χ4v) is 1.80. The third-order valence-electron chi connectivity index (χ3n) is 2.67. The largest absolute Gasteiger partial charge is 0.343 e. The van der Waals surface area contributed by atoms with E-state index in [1.165, 1.54) is 0 Å². The summed E-state index contributed by atoms with van der Waals surface area (Å²) in [4.78, 5) is 12.9. The Morgan fingerprint density at radius 1 is 1.50 bits per heavy atom. The van der Waals surface area contributed by atoms with Crippen LogP contribution in [0.1, 0.15) is 31.5 Å². The quantitative estimate of drug-likeness (QED) is 0.680. The number of carbonyl (C=O) groups excluding carboxylic acids is 1. The number of hydrogen-bond donors (Lipinski definition) is 1. The zero-order valence-corrected chi connectivity index (χ0v) is 8.10. The van der Waals surface area contributed by atoms with Crippen LogP contribution in [-0.2, 0) is 4.79 Å². The monoisotopic (exact) mass is 195 g/mol. The van der Waals surface area contributed by atoms with Crippen molar-refractivity contribution < 1.29 is 4.79 Å². The van der Waals surface area contributed by atoms with Gasteiger partial charge in [0.05, 0.1) is 0 Å². The number of rotatable bonds is 1. The highest BCUT2D eigenvalue weighted by atomic mass is 16.2. The Balaban J connectivity index is 1.93. The minimum Gasteiger partial charge on any atom is -0.343 e. The third kappa shape index (κ3) is 1.73. The normalized spacial score (nSPS) is 18.5. The minimum atomic E-state index is 0.150. The summed E-state index contributed by atoms with van der Waals surface area (Å²) in [6, 6.07) is 0. The van der Waals surface area contributed by atoms with E-state index in [2.05, 4.69) is 20.6 Å². The number of carbonyl (C=O) groups is 1. The Kier molecular flexibility index (Phi) is 2.43. The van der Waals surface area contributed by atoms with Gasteiger partial charge in [-0.3, -0.25) is 4.79 Å². The second-order valence-corrected chi connectivity index (χ2v) is 3.55. The number of aromatic nitrogens is 4. The second-order valence-electron chi connectivity index (χ2n) is 3.55. The maximum Gasteiger partial charge on any atom is 0.219 e. The third-order valence-corrected chi connectivity index (χ3v) is 2.67. The van der Waals surface area contributed by atoms with Crippen LogP contribution in [-0.4, -0.2) is 44.5 Å². The van der Waals surface area contributed by atoms with E-state index in [0.29, 0.717) is 5.92 Å². The lowest BCUT2D eigenvalue weighted by Gasteiger charge is -2.29. The average Bonchev–Trinajstić information content (AvgIpc) is 2.71. The van der Waals surface area contributed by atoms with Crippen LogP contribution in [0.15, 0.2) is 0 Å². The molecular formula is C8H13N5O.